The van der Waals surface area contributed by atoms with Crippen LogP contribution < -0.4 is 15.8 Å². The van der Waals surface area contributed by atoms with Crippen molar-refractivity contribution >= 4 is 17.7 Å². The largest absolute Gasteiger partial charge is 0.395 e. The molecule has 2 aliphatic heterocycles. The number of β-amino-alcohol motifs (C(OH)–C–C–N with tert-alkyl or cyclic N) is 1. The molecule has 8 heteroatoms. The lowest BCUT2D eigenvalue weighted by molar-refractivity contribution is -0.116. The van der Waals surface area contributed by atoms with Crippen molar-refractivity contribution in [1.82, 2.24) is 14.9 Å². The summed E-state index contributed by atoms with van der Waals surface area (Å²) in [6, 6.07) is 7.83. The van der Waals surface area contributed by atoms with Crippen LogP contribution in [0.2, 0.25) is 0 Å². The summed E-state index contributed by atoms with van der Waals surface area (Å²) in [4.78, 5) is 37.0. The van der Waals surface area contributed by atoms with E-state index in [1.165, 1.54) is 0 Å². The van der Waals surface area contributed by atoms with Gasteiger partial charge in [-0.1, -0.05) is 24.3 Å². The quantitative estimate of drug-likeness (QED) is 0.717. The van der Waals surface area contributed by atoms with E-state index in [4.69, 9.17) is 5.11 Å². The number of benzene rings is 1. The number of aliphatic hydroxyl groups is 1. The Morgan fingerprint density at radius 3 is 2.64 bits per heavy atom. The normalized spacial score (nSPS) is 20.0. The molecule has 2 aromatic rings. The molecule has 28 heavy (non-hydrogen) atoms. The van der Waals surface area contributed by atoms with Gasteiger partial charge in [-0.2, -0.15) is 4.98 Å². The van der Waals surface area contributed by atoms with Crippen molar-refractivity contribution in [1.29, 1.82) is 0 Å². The first-order valence-corrected chi connectivity index (χ1v) is 9.64. The van der Waals surface area contributed by atoms with E-state index in [1.807, 2.05) is 36.1 Å². The Morgan fingerprint density at radius 2 is 1.93 bits per heavy atom. The van der Waals surface area contributed by atoms with Gasteiger partial charge in [-0.05, 0) is 18.1 Å². The highest BCUT2D eigenvalue weighted by Gasteiger charge is 2.32. The number of carbonyl (C=O) groups excluding carboxylic acids is 1. The van der Waals surface area contributed by atoms with Crippen molar-refractivity contribution in [3.8, 4) is 0 Å². The number of piperazine rings is 1. The van der Waals surface area contributed by atoms with Gasteiger partial charge < -0.3 is 15.3 Å². The van der Waals surface area contributed by atoms with Gasteiger partial charge in [0.15, 0.2) is 0 Å². The molecule has 0 aliphatic carbocycles. The van der Waals surface area contributed by atoms with Crippen LogP contribution in [0.1, 0.15) is 29.0 Å². The molecule has 1 fully saturated rings. The Kier molecular flexibility index (Phi) is 5.15. The fraction of sp³-hybridized carbons (Fsp3) is 0.450. The topological polar surface area (TPSA) is 102 Å². The number of anilines is 2. The van der Waals surface area contributed by atoms with E-state index >= 15 is 0 Å². The second kappa shape index (κ2) is 7.73. The number of carbonyl (C=O) groups is 1. The van der Waals surface area contributed by atoms with E-state index in [2.05, 4.69) is 20.2 Å². The summed E-state index contributed by atoms with van der Waals surface area (Å²) >= 11 is 0. The van der Waals surface area contributed by atoms with Crippen LogP contribution in [-0.4, -0.2) is 65.2 Å². The number of hydrogen-bond acceptors (Lipinski definition) is 6. The van der Waals surface area contributed by atoms with Crippen molar-refractivity contribution in [2.75, 3.05) is 49.5 Å². The van der Waals surface area contributed by atoms with Crippen molar-refractivity contribution in [2.24, 2.45) is 0 Å². The molecule has 8 nitrogen and oxygen atoms in total. The van der Waals surface area contributed by atoms with Gasteiger partial charge in [0.1, 0.15) is 5.82 Å². The number of amides is 1. The Morgan fingerprint density at radius 1 is 1.18 bits per heavy atom. The van der Waals surface area contributed by atoms with Gasteiger partial charge in [-0.25, -0.2) is 0 Å². The molecule has 0 spiro atoms. The molecule has 0 radical (unpaired) electrons. The predicted molar refractivity (Wildman–Crippen MR) is 107 cm³/mol. The standard InChI is InChI=1S/C20H25N5O3/c1-13-4-2-3-5-14(13)15-12-16(27)21-18-17(15)19(28)23-20(22-18)25-8-6-24(7-9-25)10-11-26/h2-5,15,26H,6-12H2,1H3,(H2,21,22,23,27,28)/t15-/m1/s1. The smallest absolute Gasteiger partial charge is 0.258 e. The van der Waals surface area contributed by atoms with Crippen LogP contribution in [0.5, 0.6) is 0 Å². The summed E-state index contributed by atoms with van der Waals surface area (Å²) in [5.41, 5.74) is 2.36. The number of rotatable bonds is 4. The molecule has 3 N–H and O–H groups in total. The number of nitrogens with zero attached hydrogens (tertiary/aromatic N) is 3. The molecular weight excluding hydrogens is 358 g/mol. The van der Waals surface area contributed by atoms with E-state index in [1.54, 1.807) is 0 Å². The maximum atomic E-state index is 13.0. The first-order chi connectivity index (χ1) is 13.6. The minimum atomic E-state index is -0.295. The zero-order chi connectivity index (χ0) is 19.7. The molecule has 1 atom stereocenters. The molecule has 1 aromatic heterocycles. The zero-order valence-electron chi connectivity index (χ0n) is 15.9. The van der Waals surface area contributed by atoms with Crippen LogP contribution in [0.25, 0.3) is 0 Å². The van der Waals surface area contributed by atoms with Gasteiger partial charge in [0.2, 0.25) is 11.9 Å². The molecule has 148 valence electrons. The Hall–Kier alpha value is -2.71. The number of aromatic amines is 1. The van der Waals surface area contributed by atoms with E-state index in [0.29, 0.717) is 37.0 Å². The lowest BCUT2D eigenvalue weighted by atomic mass is 9.84. The third-order valence-electron chi connectivity index (χ3n) is 5.59. The third kappa shape index (κ3) is 3.53. The summed E-state index contributed by atoms with van der Waals surface area (Å²) in [7, 11) is 0. The molecule has 1 amide bonds. The molecule has 1 aromatic carbocycles. The highest BCUT2D eigenvalue weighted by molar-refractivity contribution is 5.94. The number of hydrogen-bond donors (Lipinski definition) is 3. The summed E-state index contributed by atoms with van der Waals surface area (Å²) in [6.07, 6.45) is 0.238. The molecule has 2 aliphatic rings. The van der Waals surface area contributed by atoms with Crippen LogP contribution in [0.15, 0.2) is 29.1 Å². The van der Waals surface area contributed by atoms with E-state index in [-0.39, 0.29) is 30.4 Å². The maximum Gasteiger partial charge on any atom is 0.258 e. The Labute approximate surface area is 163 Å². The fourth-order valence-corrected chi connectivity index (χ4v) is 4.08. The van der Waals surface area contributed by atoms with E-state index in [0.717, 1.165) is 24.2 Å². The van der Waals surface area contributed by atoms with Crippen LogP contribution in [0, 0.1) is 6.92 Å². The molecule has 0 saturated carbocycles. The highest BCUT2D eigenvalue weighted by Crippen LogP contribution is 2.35. The molecular formula is C20H25N5O3. The molecule has 1 saturated heterocycles. The molecule has 0 bridgehead atoms. The Bertz CT molecular complexity index is 934. The SMILES string of the molecule is Cc1ccccc1[C@H]1CC(=O)Nc2nc(N3CCN(CCO)CC3)[nH]c(=O)c21. The van der Waals surface area contributed by atoms with Crippen LogP contribution in [0.4, 0.5) is 11.8 Å². The van der Waals surface area contributed by atoms with Crippen LogP contribution in [-0.2, 0) is 4.79 Å². The summed E-state index contributed by atoms with van der Waals surface area (Å²) < 4.78 is 0. The predicted octanol–water partition coefficient (Wildman–Crippen LogP) is 0.667. The monoisotopic (exact) mass is 383 g/mol. The number of fused-ring (bicyclic) bond motifs is 1. The number of aliphatic hydroxyl groups excluding tert-OH is 1. The molecule has 0 unspecified atom stereocenters. The summed E-state index contributed by atoms with van der Waals surface area (Å²) in [5, 5.41) is 11.9. The van der Waals surface area contributed by atoms with Gasteiger partial charge in [-0.15, -0.1) is 0 Å². The molecule has 3 heterocycles. The fourth-order valence-electron chi connectivity index (χ4n) is 4.08. The van der Waals surface area contributed by atoms with Crippen LogP contribution in [0.3, 0.4) is 0 Å². The van der Waals surface area contributed by atoms with Gasteiger partial charge in [0, 0.05) is 45.1 Å². The summed E-state index contributed by atoms with van der Waals surface area (Å²) in [5.74, 6) is 0.424. The molecule has 4 rings (SSSR count). The van der Waals surface area contributed by atoms with Crippen molar-refractivity contribution in [3.05, 3.63) is 51.3 Å². The van der Waals surface area contributed by atoms with Gasteiger partial charge >= 0.3 is 0 Å². The van der Waals surface area contributed by atoms with E-state index < -0.39 is 0 Å². The lowest BCUT2D eigenvalue weighted by Crippen LogP contribution is -2.48. The second-order valence-electron chi connectivity index (χ2n) is 7.37. The van der Waals surface area contributed by atoms with Gasteiger partial charge in [0.25, 0.3) is 5.56 Å². The average molecular weight is 383 g/mol. The second-order valence-corrected chi connectivity index (χ2v) is 7.37. The lowest BCUT2D eigenvalue weighted by Gasteiger charge is -2.35. The number of H-pyrrole nitrogens is 1. The summed E-state index contributed by atoms with van der Waals surface area (Å²) in [6.45, 7) is 5.77. The van der Waals surface area contributed by atoms with Crippen molar-refractivity contribution in [2.45, 2.75) is 19.3 Å². The average Bonchev–Trinajstić information content (AvgIpc) is 2.68. The maximum absolute atomic E-state index is 13.0. The number of aromatic nitrogens is 2. The Balaban J connectivity index is 1.66. The zero-order valence-corrected chi connectivity index (χ0v) is 15.9. The van der Waals surface area contributed by atoms with E-state index in [9.17, 15) is 9.59 Å². The first kappa shape index (κ1) is 18.6. The van der Waals surface area contributed by atoms with Crippen molar-refractivity contribution < 1.29 is 9.90 Å². The van der Waals surface area contributed by atoms with Gasteiger partial charge in [0.05, 0.1) is 12.2 Å². The third-order valence-corrected chi connectivity index (χ3v) is 5.59. The first-order valence-electron chi connectivity index (χ1n) is 9.64. The highest BCUT2D eigenvalue weighted by atomic mass is 16.3. The van der Waals surface area contributed by atoms with Gasteiger partial charge in [-0.3, -0.25) is 19.5 Å². The van der Waals surface area contributed by atoms with Crippen LogP contribution >= 0.6 is 0 Å². The number of nitrogens with one attached hydrogen (secondary N) is 2. The van der Waals surface area contributed by atoms with Crippen molar-refractivity contribution in [3.63, 3.8) is 0 Å². The number of aryl methyl sites for hydroxylation is 1. The minimum Gasteiger partial charge on any atom is -0.395 e. The minimum absolute atomic E-state index is 0.127.